The van der Waals surface area contributed by atoms with Crippen LogP contribution in [0.15, 0.2) is 18.2 Å². The second kappa shape index (κ2) is 3.62. The SMILES string of the molecule is C#CCOc1[c]c(F)ccc1. The van der Waals surface area contributed by atoms with Crippen molar-refractivity contribution >= 4 is 0 Å². The predicted octanol–water partition coefficient (Wildman–Crippen LogP) is 1.64. The Balaban J connectivity index is 2.65. The minimum atomic E-state index is -0.445. The van der Waals surface area contributed by atoms with Gasteiger partial charge in [0.1, 0.15) is 18.2 Å². The van der Waals surface area contributed by atoms with Crippen molar-refractivity contribution in [2.24, 2.45) is 0 Å². The third-order valence-corrected chi connectivity index (χ3v) is 1.04. The van der Waals surface area contributed by atoms with Gasteiger partial charge in [0.15, 0.2) is 0 Å². The summed E-state index contributed by atoms with van der Waals surface area (Å²) in [7, 11) is 0. The molecule has 0 saturated carbocycles. The smallest absolute Gasteiger partial charge is 0.148 e. The highest BCUT2D eigenvalue weighted by Gasteiger charge is 1.93. The number of hydrogen-bond donors (Lipinski definition) is 0. The van der Waals surface area contributed by atoms with E-state index in [4.69, 9.17) is 11.2 Å². The van der Waals surface area contributed by atoms with Crippen molar-refractivity contribution in [2.45, 2.75) is 0 Å². The van der Waals surface area contributed by atoms with E-state index in [1.807, 2.05) is 0 Å². The van der Waals surface area contributed by atoms with Crippen molar-refractivity contribution < 1.29 is 9.13 Å². The molecular weight excluding hydrogens is 143 g/mol. The molecular formula is C9H6FO. The highest BCUT2D eigenvalue weighted by Crippen LogP contribution is 2.09. The third-order valence-electron chi connectivity index (χ3n) is 1.04. The maximum Gasteiger partial charge on any atom is 0.148 e. The van der Waals surface area contributed by atoms with Gasteiger partial charge in [-0.3, -0.25) is 0 Å². The summed E-state index contributed by atoms with van der Waals surface area (Å²) in [4.78, 5) is 0. The van der Waals surface area contributed by atoms with Crippen molar-refractivity contribution in [2.75, 3.05) is 6.61 Å². The molecule has 1 aromatic rings. The molecule has 0 aliphatic heterocycles. The van der Waals surface area contributed by atoms with Gasteiger partial charge in [0.2, 0.25) is 0 Å². The number of benzene rings is 1. The molecule has 0 aliphatic carbocycles. The van der Waals surface area contributed by atoms with Crippen LogP contribution in [0, 0.1) is 24.2 Å². The number of hydrogen-bond acceptors (Lipinski definition) is 1. The third kappa shape index (κ3) is 2.30. The molecule has 0 saturated heterocycles. The van der Waals surface area contributed by atoms with Crippen LogP contribution in [0.5, 0.6) is 5.75 Å². The van der Waals surface area contributed by atoms with E-state index in [1.165, 1.54) is 12.1 Å². The van der Waals surface area contributed by atoms with Crippen molar-refractivity contribution in [3.63, 3.8) is 0 Å². The van der Waals surface area contributed by atoms with E-state index in [-0.39, 0.29) is 6.61 Å². The van der Waals surface area contributed by atoms with E-state index in [0.717, 1.165) is 0 Å². The van der Waals surface area contributed by atoms with Crippen LogP contribution in [0.4, 0.5) is 4.39 Å². The minimum absolute atomic E-state index is 0.139. The molecule has 0 fully saturated rings. The van der Waals surface area contributed by atoms with Crippen LogP contribution in [0.25, 0.3) is 0 Å². The fraction of sp³-hybridized carbons (Fsp3) is 0.111. The number of ether oxygens (including phenoxy) is 1. The lowest BCUT2D eigenvalue weighted by atomic mass is 10.3. The lowest BCUT2D eigenvalue weighted by molar-refractivity contribution is 0.367. The molecule has 11 heavy (non-hydrogen) atoms. The summed E-state index contributed by atoms with van der Waals surface area (Å²) in [5.41, 5.74) is 0. The maximum absolute atomic E-state index is 12.4. The Hall–Kier alpha value is -1.49. The Bertz CT molecular complexity index is 275. The lowest BCUT2D eigenvalue weighted by Gasteiger charge is -1.99. The molecule has 0 aliphatic rings. The van der Waals surface area contributed by atoms with Gasteiger partial charge < -0.3 is 4.74 Å². The van der Waals surface area contributed by atoms with E-state index >= 15 is 0 Å². The molecule has 2 heteroatoms. The molecule has 55 valence electrons. The van der Waals surface area contributed by atoms with Crippen LogP contribution < -0.4 is 4.74 Å². The minimum Gasteiger partial charge on any atom is -0.480 e. The predicted molar refractivity (Wildman–Crippen MR) is 39.6 cm³/mol. The molecule has 0 bridgehead atoms. The van der Waals surface area contributed by atoms with Crippen molar-refractivity contribution in [1.29, 1.82) is 0 Å². The monoisotopic (exact) mass is 149 g/mol. The Labute approximate surface area is 64.8 Å². The first-order chi connectivity index (χ1) is 5.33. The Morgan fingerprint density at radius 2 is 2.45 bits per heavy atom. The van der Waals surface area contributed by atoms with E-state index in [1.54, 1.807) is 6.07 Å². The van der Waals surface area contributed by atoms with Gasteiger partial charge in [-0.1, -0.05) is 12.0 Å². The summed E-state index contributed by atoms with van der Waals surface area (Å²) in [6, 6.07) is 6.79. The molecule has 1 aromatic carbocycles. The van der Waals surface area contributed by atoms with Gasteiger partial charge in [0, 0.05) is 0 Å². The molecule has 1 rings (SSSR count). The van der Waals surface area contributed by atoms with E-state index in [9.17, 15) is 4.39 Å². The first kappa shape index (κ1) is 7.62. The first-order valence-corrected chi connectivity index (χ1v) is 3.07. The summed E-state index contributed by atoms with van der Waals surface area (Å²) >= 11 is 0. The highest BCUT2D eigenvalue weighted by atomic mass is 19.1. The number of halogens is 1. The number of terminal acetylenes is 1. The van der Waals surface area contributed by atoms with Crippen LogP contribution in [0.2, 0.25) is 0 Å². The molecule has 1 nitrogen and oxygen atoms in total. The highest BCUT2D eigenvalue weighted by molar-refractivity contribution is 5.21. The van der Waals surface area contributed by atoms with E-state index in [2.05, 4.69) is 12.0 Å². The largest absolute Gasteiger partial charge is 0.480 e. The molecule has 0 spiro atoms. The molecule has 0 atom stereocenters. The Morgan fingerprint density at radius 1 is 1.64 bits per heavy atom. The zero-order valence-electron chi connectivity index (χ0n) is 5.80. The van der Waals surface area contributed by atoms with Gasteiger partial charge in [-0.2, -0.15) is 0 Å². The van der Waals surface area contributed by atoms with Gasteiger partial charge >= 0.3 is 0 Å². The van der Waals surface area contributed by atoms with Crippen LogP contribution >= 0.6 is 0 Å². The Morgan fingerprint density at radius 3 is 3.09 bits per heavy atom. The zero-order chi connectivity index (χ0) is 8.10. The fourth-order valence-electron chi connectivity index (χ4n) is 0.625. The van der Waals surface area contributed by atoms with Gasteiger partial charge in [0.25, 0.3) is 0 Å². The normalized spacial score (nSPS) is 8.73. The molecule has 0 heterocycles. The molecule has 0 unspecified atom stereocenters. The van der Waals surface area contributed by atoms with Crippen molar-refractivity contribution in [3.05, 3.63) is 30.1 Å². The van der Waals surface area contributed by atoms with Crippen molar-refractivity contribution in [3.8, 4) is 18.1 Å². The summed E-state index contributed by atoms with van der Waals surface area (Å²) in [5.74, 6) is 2.16. The average molecular weight is 149 g/mol. The van der Waals surface area contributed by atoms with Gasteiger partial charge in [0.05, 0.1) is 6.07 Å². The summed E-state index contributed by atoms with van der Waals surface area (Å²) in [5, 5.41) is 0. The molecule has 0 amide bonds. The van der Waals surface area contributed by atoms with Gasteiger partial charge in [-0.25, -0.2) is 4.39 Å². The topological polar surface area (TPSA) is 9.23 Å². The summed E-state index contributed by atoms with van der Waals surface area (Å²) in [6.45, 7) is 0.139. The van der Waals surface area contributed by atoms with Crippen molar-refractivity contribution in [1.82, 2.24) is 0 Å². The standard InChI is InChI=1S/C9H6FO/c1-2-6-11-9-5-3-4-8(10)7-9/h1,3-5H,6H2. The average Bonchev–Trinajstić information content (AvgIpc) is 2.01. The van der Waals surface area contributed by atoms with Crippen LogP contribution in [-0.2, 0) is 0 Å². The number of rotatable bonds is 2. The van der Waals surface area contributed by atoms with E-state index < -0.39 is 5.82 Å². The van der Waals surface area contributed by atoms with Crippen LogP contribution in [0.3, 0.4) is 0 Å². The van der Waals surface area contributed by atoms with Crippen LogP contribution in [0.1, 0.15) is 0 Å². The zero-order valence-corrected chi connectivity index (χ0v) is 5.80. The molecule has 0 N–H and O–H groups in total. The fourth-order valence-corrected chi connectivity index (χ4v) is 0.625. The van der Waals surface area contributed by atoms with Gasteiger partial charge in [-0.05, 0) is 12.1 Å². The quantitative estimate of drug-likeness (QED) is 0.581. The molecule has 1 radical (unpaired) electrons. The summed E-state index contributed by atoms with van der Waals surface area (Å²) < 4.78 is 17.3. The second-order valence-corrected chi connectivity index (χ2v) is 1.86. The van der Waals surface area contributed by atoms with Gasteiger partial charge in [-0.15, -0.1) is 6.42 Å². The maximum atomic E-state index is 12.4. The van der Waals surface area contributed by atoms with E-state index in [0.29, 0.717) is 5.75 Å². The second-order valence-electron chi connectivity index (χ2n) is 1.86. The lowest BCUT2D eigenvalue weighted by Crippen LogP contribution is -1.93. The Kier molecular flexibility index (Phi) is 2.51. The molecule has 0 aromatic heterocycles. The van der Waals surface area contributed by atoms with Crippen LogP contribution in [-0.4, -0.2) is 6.61 Å². The summed E-state index contributed by atoms with van der Waals surface area (Å²) in [6.07, 6.45) is 4.93. The first-order valence-electron chi connectivity index (χ1n) is 3.07.